The minimum Gasteiger partial charge on any atom is -0.305 e. The number of rotatable bonds is 4. The van der Waals surface area contributed by atoms with Crippen molar-refractivity contribution in [3.8, 4) is 32.7 Å². The van der Waals surface area contributed by atoms with Gasteiger partial charge in [0, 0.05) is 31.0 Å². The molecule has 0 spiro atoms. The summed E-state index contributed by atoms with van der Waals surface area (Å²) in [6.45, 7) is 4.42. The Hall–Kier alpha value is -3.20. The van der Waals surface area contributed by atoms with Crippen molar-refractivity contribution in [2.45, 2.75) is 19.8 Å². The van der Waals surface area contributed by atoms with Gasteiger partial charge in [0.25, 0.3) is 0 Å². The van der Waals surface area contributed by atoms with Crippen LogP contribution >= 0.6 is 34.0 Å². The molecule has 0 fully saturated rings. The van der Waals surface area contributed by atoms with Crippen LogP contribution in [0.25, 0.3) is 52.8 Å². The Morgan fingerprint density at radius 3 is 2.33 bits per heavy atom. The number of thiophene rings is 3. The zero-order valence-corrected chi connectivity index (χ0v) is 25.8. The second-order valence-corrected chi connectivity index (χ2v) is 11.7. The van der Waals surface area contributed by atoms with Crippen molar-refractivity contribution in [1.29, 1.82) is 0 Å². The van der Waals surface area contributed by atoms with Gasteiger partial charge in [-0.05, 0) is 45.3 Å². The molecule has 0 aliphatic carbocycles. The van der Waals surface area contributed by atoms with Gasteiger partial charge < -0.3 is 4.98 Å². The number of pyridine rings is 1. The molecule has 1 radical (unpaired) electrons. The van der Waals surface area contributed by atoms with Gasteiger partial charge in [-0.1, -0.05) is 60.0 Å². The third-order valence-corrected chi connectivity index (χ3v) is 8.82. The summed E-state index contributed by atoms with van der Waals surface area (Å²) < 4.78 is 2.59. The molecular weight excluding hydrogens is 719 g/mol. The van der Waals surface area contributed by atoms with Crippen LogP contribution < -0.4 is 0 Å². The van der Waals surface area contributed by atoms with Crippen LogP contribution in [0, 0.1) is 12.1 Å². The normalized spacial score (nSPS) is 10.8. The molecular formula is C30H21IrN5S3-2. The number of benzene rings is 2. The van der Waals surface area contributed by atoms with Crippen molar-refractivity contribution in [2.75, 3.05) is 0 Å². The second-order valence-electron chi connectivity index (χ2n) is 8.74. The minimum atomic E-state index is 0. The fourth-order valence-corrected chi connectivity index (χ4v) is 6.46. The van der Waals surface area contributed by atoms with Crippen molar-refractivity contribution < 1.29 is 20.1 Å². The first-order valence-corrected chi connectivity index (χ1v) is 14.6. The van der Waals surface area contributed by atoms with E-state index in [-0.39, 0.29) is 20.1 Å². The summed E-state index contributed by atoms with van der Waals surface area (Å²) in [5, 5.41) is 22.7. The van der Waals surface area contributed by atoms with Crippen molar-refractivity contribution in [3.63, 3.8) is 0 Å². The first-order valence-electron chi connectivity index (χ1n) is 12.0. The number of aromatic nitrogens is 5. The zero-order valence-electron chi connectivity index (χ0n) is 21.0. The van der Waals surface area contributed by atoms with E-state index in [4.69, 9.17) is 0 Å². The zero-order chi connectivity index (χ0) is 25.9. The Balaban J connectivity index is 0.000000161. The molecule has 5 aromatic heterocycles. The summed E-state index contributed by atoms with van der Waals surface area (Å²) in [4.78, 5) is 6.42. The predicted molar refractivity (Wildman–Crippen MR) is 159 cm³/mol. The van der Waals surface area contributed by atoms with Gasteiger partial charge in [-0.3, -0.25) is 0 Å². The largest absolute Gasteiger partial charge is 0.305 e. The van der Waals surface area contributed by atoms with Crippen LogP contribution in [0.3, 0.4) is 0 Å². The van der Waals surface area contributed by atoms with Gasteiger partial charge in [0.15, 0.2) is 0 Å². The molecule has 0 saturated heterocycles. The summed E-state index contributed by atoms with van der Waals surface area (Å²) in [5.41, 5.74) is 3.45. The summed E-state index contributed by atoms with van der Waals surface area (Å²) in [5.74, 6) is 1.59. The number of hydrogen-bond acceptors (Lipinski definition) is 8. The van der Waals surface area contributed by atoms with Gasteiger partial charge in [-0.2, -0.15) is 33.7 Å². The van der Waals surface area contributed by atoms with E-state index in [1.807, 2.05) is 52.6 Å². The Morgan fingerprint density at radius 1 is 0.769 bits per heavy atom. The van der Waals surface area contributed by atoms with E-state index in [1.54, 1.807) is 11.3 Å². The van der Waals surface area contributed by atoms with Crippen molar-refractivity contribution >= 4 is 54.2 Å². The monoisotopic (exact) mass is 740 g/mol. The third-order valence-electron chi connectivity index (χ3n) is 5.94. The maximum absolute atomic E-state index is 4.59. The smallest absolute Gasteiger partial charge is 0.211 e. The van der Waals surface area contributed by atoms with E-state index in [0.29, 0.717) is 17.6 Å². The molecule has 0 aliphatic rings. The summed E-state index contributed by atoms with van der Waals surface area (Å²) in [6.07, 6.45) is 1.91. The second kappa shape index (κ2) is 12.3. The predicted octanol–water partition coefficient (Wildman–Crippen LogP) is 8.56. The number of nitrogens with zero attached hydrogens (tertiary/aromatic N) is 5. The van der Waals surface area contributed by atoms with Crippen LogP contribution in [0.5, 0.6) is 0 Å². The average molecular weight is 740 g/mol. The maximum atomic E-state index is 4.59. The first-order chi connectivity index (χ1) is 18.7. The van der Waals surface area contributed by atoms with Crippen LogP contribution in [0.15, 0.2) is 83.7 Å². The number of fused-ring (bicyclic) bond motifs is 3. The van der Waals surface area contributed by atoms with Crippen LogP contribution in [-0.2, 0) is 20.1 Å². The minimum absolute atomic E-state index is 0. The molecule has 0 atom stereocenters. The molecule has 195 valence electrons. The summed E-state index contributed by atoms with van der Waals surface area (Å²) in [7, 11) is 0. The van der Waals surface area contributed by atoms with E-state index >= 15 is 0 Å². The van der Waals surface area contributed by atoms with E-state index in [2.05, 4.69) is 93.8 Å². The molecule has 7 rings (SSSR count). The quantitative estimate of drug-likeness (QED) is 0.169. The fraction of sp³-hybridized carbons (Fsp3) is 0.100. The molecule has 5 heterocycles. The topological polar surface area (TPSA) is 64.5 Å². The molecule has 0 amide bonds. The molecule has 5 nitrogen and oxygen atoms in total. The number of hydrogen-bond donors (Lipinski definition) is 0. The molecule has 0 saturated carbocycles. The standard InChI is InChI=1S/C20H16NS.C10H5N4S2.Ir/c1-13(2)14-10-11-21-18(12-14)17-8-5-7-16-15-6-3-4-9-19(15)22-20(16)17;1-3-7(15-5-1)9-11-13-10(14-12-9)8-4-2-6-16-8;/h3-7,9-13H,1-2H3;1-3,5-6H;/q2*-1;. The molecule has 39 heavy (non-hydrogen) atoms. The van der Waals surface area contributed by atoms with E-state index in [9.17, 15) is 0 Å². The van der Waals surface area contributed by atoms with Crippen LogP contribution in [0.4, 0.5) is 0 Å². The van der Waals surface area contributed by atoms with Gasteiger partial charge in [-0.15, -0.1) is 50.7 Å². The Labute approximate surface area is 252 Å². The van der Waals surface area contributed by atoms with E-state index in [0.717, 1.165) is 21.0 Å². The molecule has 0 bridgehead atoms. The van der Waals surface area contributed by atoms with Gasteiger partial charge in [0.05, 0.1) is 4.88 Å². The van der Waals surface area contributed by atoms with E-state index in [1.165, 1.54) is 37.1 Å². The van der Waals surface area contributed by atoms with Gasteiger partial charge in [-0.25, -0.2) is 11.3 Å². The van der Waals surface area contributed by atoms with Crippen molar-refractivity contribution in [1.82, 2.24) is 25.4 Å². The van der Waals surface area contributed by atoms with Crippen molar-refractivity contribution in [2.24, 2.45) is 0 Å². The Morgan fingerprint density at radius 2 is 1.59 bits per heavy atom. The van der Waals surface area contributed by atoms with Crippen LogP contribution in [0.1, 0.15) is 25.3 Å². The van der Waals surface area contributed by atoms with Crippen LogP contribution in [-0.4, -0.2) is 25.4 Å². The molecule has 0 aliphatic heterocycles. The molecule has 2 aromatic carbocycles. The molecule has 0 unspecified atom stereocenters. The molecule has 7 aromatic rings. The van der Waals surface area contributed by atoms with Crippen LogP contribution in [0.2, 0.25) is 0 Å². The van der Waals surface area contributed by atoms with Gasteiger partial charge in [0.2, 0.25) is 5.82 Å². The summed E-state index contributed by atoms with van der Waals surface area (Å²) in [6, 6.07) is 29.2. The Kier molecular flexibility index (Phi) is 8.65. The molecule has 9 heteroatoms. The maximum Gasteiger partial charge on any atom is 0.211 e. The average Bonchev–Trinajstić information content (AvgIpc) is 3.75. The SMILES string of the molecule is CC(C)c1ccnc(-c2[c-]ccc3c2sc2ccccc23)c1.[Ir].[c-]1ccsc1-c1nnc(-c2cccs2)nn1. The summed E-state index contributed by atoms with van der Waals surface area (Å²) >= 11 is 4.92. The first kappa shape index (κ1) is 27.4. The molecule has 0 N–H and O–H groups in total. The Bertz CT molecular complexity index is 1740. The van der Waals surface area contributed by atoms with Gasteiger partial charge in [0.1, 0.15) is 5.82 Å². The third kappa shape index (κ3) is 5.88. The van der Waals surface area contributed by atoms with Crippen molar-refractivity contribution in [3.05, 3.63) is 101 Å². The van der Waals surface area contributed by atoms with E-state index < -0.39 is 0 Å². The van der Waals surface area contributed by atoms with Gasteiger partial charge >= 0.3 is 0 Å². The fourth-order valence-electron chi connectivity index (χ4n) is 4.01.